The molecule has 2 aliphatic heterocycles. The van der Waals surface area contributed by atoms with Crippen LogP contribution in [-0.4, -0.2) is 30.3 Å². The van der Waals surface area contributed by atoms with Crippen LogP contribution in [0.1, 0.15) is 25.7 Å². The number of amides is 2. The summed E-state index contributed by atoms with van der Waals surface area (Å²) in [7, 11) is -5.84. The number of hydrogen-bond acceptors (Lipinski definition) is 4. The predicted octanol–water partition coefficient (Wildman–Crippen LogP) is 1.21. The molecule has 2 heterocycles. The maximum atomic E-state index is 10.7. The minimum Gasteiger partial charge on any atom is -0.333 e. The maximum absolute atomic E-state index is 10.7. The lowest BCUT2D eigenvalue weighted by Gasteiger charge is -2.00. The Labute approximate surface area is 125 Å². The van der Waals surface area contributed by atoms with E-state index >= 15 is 0 Å². The van der Waals surface area contributed by atoms with Crippen molar-refractivity contribution in [2.45, 2.75) is 31.2 Å². The zero-order valence-corrected chi connectivity index (χ0v) is 12.1. The van der Waals surface area contributed by atoms with Gasteiger partial charge in [0.15, 0.2) is 0 Å². The van der Waals surface area contributed by atoms with Crippen LogP contribution in [-0.2, 0) is 19.7 Å². The number of carbonyl (C=O) groups excluding carboxylic acids is 2. The molecule has 0 unspecified atom stereocenters. The van der Waals surface area contributed by atoms with Gasteiger partial charge in [-0.2, -0.15) is 21.6 Å². The first-order valence-electron chi connectivity index (χ1n) is 5.96. The van der Waals surface area contributed by atoms with Crippen molar-refractivity contribution in [1.29, 1.82) is 0 Å². The van der Waals surface area contributed by atoms with Gasteiger partial charge in [0.05, 0.1) is 0 Å². The van der Waals surface area contributed by atoms with E-state index in [-0.39, 0.29) is 11.8 Å². The smallest absolute Gasteiger partial charge is 0.333 e. The first-order chi connectivity index (χ1) is 10.0. The molecule has 0 aromatic rings. The molecule has 0 aromatic carbocycles. The summed E-state index contributed by atoms with van der Waals surface area (Å²) >= 11 is 0. The van der Waals surface area contributed by atoms with Gasteiger partial charge < -0.3 is 10.6 Å². The number of hydrogen-bond donors (Lipinski definition) is 3. The number of carbonyl (C=O) groups is 2. The number of halogens is 3. The second kappa shape index (κ2) is 9.20. The van der Waals surface area contributed by atoms with Gasteiger partial charge in [-0.15, -0.1) is 0 Å². The minimum absolute atomic E-state index is 0.127. The maximum Gasteiger partial charge on any atom is 0.522 e. The molecule has 0 aromatic heterocycles. The Bertz CT molecular complexity index is 512. The molecule has 0 saturated heterocycles. The fraction of sp³-hybridized carbons (Fsp3) is 0.455. The first kappa shape index (κ1) is 20.1. The highest BCUT2D eigenvalue weighted by atomic mass is 32.2. The van der Waals surface area contributed by atoms with Crippen molar-refractivity contribution in [3.8, 4) is 0 Å². The lowest BCUT2D eigenvalue weighted by molar-refractivity contribution is -0.121. The SMILES string of the molecule is O=C1CCC=CN1.O=C1CCC=CN1.O=S(=O)(O)C(F)(F)F. The molecule has 0 atom stereocenters. The molecule has 2 rings (SSSR count). The van der Waals surface area contributed by atoms with Crippen LogP contribution in [0, 0.1) is 0 Å². The van der Waals surface area contributed by atoms with Gasteiger partial charge in [-0.3, -0.25) is 14.1 Å². The molecule has 0 spiro atoms. The molecule has 2 aliphatic rings. The molecule has 0 aliphatic carbocycles. The number of nitrogens with one attached hydrogen (secondary N) is 2. The number of allylic oxidation sites excluding steroid dienone is 2. The summed E-state index contributed by atoms with van der Waals surface area (Å²) in [4.78, 5) is 20.6. The van der Waals surface area contributed by atoms with Crippen molar-refractivity contribution in [2.24, 2.45) is 0 Å². The van der Waals surface area contributed by atoms with E-state index < -0.39 is 15.6 Å². The number of rotatable bonds is 0. The fourth-order valence-electron chi connectivity index (χ4n) is 1.04. The molecule has 0 saturated carbocycles. The van der Waals surface area contributed by atoms with Crippen LogP contribution in [0.4, 0.5) is 13.2 Å². The molecule has 7 nitrogen and oxygen atoms in total. The van der Waals surface area contributed by atoms with Gasteiger partial charge in [0, 0.05) is 12.8 Å². The van der Waals surface area contributed by atoms with E-state index in [1.54, 1.807) is 12.4 Å². The normalized spacial score (nSPS) is 17.3. The Morgan fingerprint density at radius 3 is 1.36 bits per heavy atom. The van der Waals surface area contributed by atoms with Crippen LogP contribution in [0.3, 0.4) is 0 Å². The quantitative estimate of drug-likeness (QED) is 0.452. The molecule has 0 fully saturated rings. The molecule has 2 amide bonds. The lowest BCUT2D eigenvalue weighted by Crippen LogP contribution is -2.21. The monoisotopic (exact) mass is 344 g/mol. The Balaban J connectivity index is 0.000000301. The zero-order chi connectivity index (χ0) is 17.2. The Hall–Kier alpha value is -1.88. The predicted molar refractivity (Wildman–Crippen MR) is 70.6 cm³/mol. The Kier molecular flexibility index (Phi) is 8.42. The van der Waals surface area contributed by atoms with Crippen LogP contribution in [0.25, 0.3) is 0 Å². The van der Waals surface area contributed by atoms with E-state index in [1.165, 1.54) is 0 Å². The van der Waals surface area contributed by atoms with Gasteiger partial charge in [0.2, 0.25) is 11.8 Å². The van der Waals surface area contributed by atoms with Crippen molar-refractivity contribution >= 4 is 21.9 Å². The summed E-state index contributed by atoms with van der Waals surface area (Å²) < 4.78 is 57.5. The Morgan fingerprint density at radius 2 is 1.27 bits per heavy atom. The number of alkyl halides is 3. The topological polar surface area (TPSA) is 113 Å². The first-order valence-corrected chi connectivity index (χ1v) is 7.40. The van der Waals surface area contributed by atoms with E-state index in [1.807, 2.05) is 12.2 Å². The summed E-state index contributed by atoms with van der Waals surface area (Å²) in [5.74, 6) is 0.255. The van der Waals surface area contributed by atoms with Gasteiger partial charge in [-0.25, -0.2) is 0 Å². The summed E-state index contributed by atoms with van der Waals surface area (Å²) in [5, 5.41) is 5.12. The highest BCUT2D eigenvalue weighted by molar-refractivity contribution is 7.86. The lowest BCUT2D eigenvalue weighted by atomic mass is 10.2. The van der Waals surface area contributed by atoms with E-state index in [4.69, 9.17) is 13.0 Å². The molecular weight excluding hydrogens is 329 g/mol. The fourth-order valence-corrected chi connectivity index (χ4v) is 1.04. The molecule has 0 bridgehead atoms. The van der Waals surface area contributed by atoms with E-state index in [0.29, 0.717) is 12.8 Å². The Morgan fingerprint density at radius 1 is 0.955 bits per heavy atom. The van der Waals surface area contributed by atoms with Crippen molar-refractivity contribution in [3.63, 3.8) is 0 Å². The third-order valence-electron chi connectivity index (χ3n) is 2.09. The molecule has 22 heavy (non-hydrogen) atoms. The van der Waals surface area contributed by atoms with Crippen molar-refractivity contribution in [1.82, 2.24) is 10.6 Å². The highest BCUT2D eigenvalue weighted by Gasteiger charge is 2.44. The zero-order valence-electron chi connectivity index (χ0n) is 11.3. The molecule has 126 valence electrons. The summed E-state index contributed by atoms with van der Waals surface area (Å²) in [6.07, 6.45) is 10.4. The van der Waals surface area contributed by atoms with E-state index in [2.05, 4.69) is 10.6 Å². The van der Waals surface area contributed by atoms with E-state index in [0.717, 1.165) is 12.8 Å². The van der Waals surface area contributed by atoms with Crippen LogP contribution in [0.2, 0.25) is 0 Å². The minimum atomic E-state index is -5.84. The van der Waals surface area contributed by atoms with Crippen LogP contribution in [0.5, 0.6) is 0 Å². The van der Waals surface area contributed by atoms with Crippen molar-refractivity contribution in [3.05, 3.63) is 24.6 Å². The highest BCUT2D eigenvalue weighted by Crippen LogP contribution is 2.20. The molecule has 11 heteroatoms. The van der Waals surface area contributed by atoms with Crippen LogP contribution in [0.15, 0.2) is 24.6 Å². The standard InChI is InChI=1S/2C5H7NO.CHF3O3S/c2*7-5-3-1-2-4-6-5;2-1(3,4)8(5,6)7/h2*2,4H,1,3H2,(H,6,7);(H,5,6,7). The van der Waals surface area contributed by atoms with Crippen LogP contribution >= 0.6 is 0 Å². The second-order valence-corrected chi connectivity index (χ2v) is 5.35. The van der Waals surface area contributed by atoms with Gasteiger partial charge >= 0.3 is 15.6 Å². The average molecular weight is 344 g/mol. The third-order valence-corrected chi connectivity index (χ3v) is 2.68. The van der Waals surface area contributed by atoms with Crippen molar-refractivity contribution in [2.75, 3.05) is 0 Å². The largest absolute Gasteiger partial charge is 0.522 e. The molecule has 0 radical (unpaired) electrons. The van der Waals surface area contributed by atoms with E-state index in [9.17, 15) is 22.8 Å². The summed E-state index contributed by atoms with van der Waals surface area (Å²) in [5.41, 5.74) is -5.53. The van der Waals surface area contributed by atoms with Gasteiger partial charge in [-0.05, 0) is 25.2 Å². The average Bonchev–Trinajstić information content (AvgIpc) is 2.39. The van der Waals surface area contributed by atoms with Crippen LogP contribution < -0.4 is 10.6 Å². The second-order valence-electron chi connectivity index (χ2n) is 3.94. The van der Waals surface area contributed by atoms with Crippen molar-refractivity contribution < 1.29 is 35.7 Å². The van der Waals surface area contributed by atoms with Gasteiger partial charge in [0.25, 0.3) is 0 Å². The molecular formula is C11H15F3N2O5S. The third kappa shape index (κ3) is 9.94. The molecule has 3 N–H and O–H groups in total. The van der Waals surface area contributed by atoms with Gasteiger partial charge in [-0.1, -0.05) is 12.2 Å². The summed E-state index contributed by atoms with van der Waals surface area (Å²) in [6, 6.07) is 0. The summed E-state index contributed by atoms with van der Waals surface area (Å²) in [6.45, 7) is 0. The van der Waals surface area contributed by atoms with Gasteiger partial charge in [0.1, 0.15) is 0 Å².